The number of carbonyl (C=O) groups excluding carboxylic acids is 1. The minimum atomic E-state index is -0.256. The molecule has 26 heavy (non-hydrogen) atoms. The second-order valence-corrected chi connectivity index (χ2v) is 6.82. The average molecular weight is 366 g/mol. The number of thiazole rings is 1. The molecular formula is C21H22N2O2S. The Morgan fingerprint density at radius 3 is 2.65 bits per heavy atom. The van der Waals surface area contributed by atoms with E-state index >= 15 is 0 Å². The van der Waals surface area contributed by atoms with Crippen LogP contribution in [-0.4, -0.2) is 17.1 Å². The van der Waals surface area contributed by atoms with Crippen molar-refractivity contribution >= 4 is 27.5 Å². The fourth-order valence-electron chi connectivity index (χ4n) is 2.74. The van der Waals surface area contributed by atoms with Gasteiger partial charge in [0.05, 0.1) is 16.8 Å². The number of hydrogen-bond donors (Lipinski definition) is 0. The first-order chi connectivity index (χ1) is 12.7. The van der Waals surface area contributed by atoms with Gasteiger partial charge in [0.25, 0.3) is 5.91 Å². The molecule has 2 aromatic carbocycles. The van der Waals surface area contributed by atoms with Gasteiger partial charge in [-0.2, -0.15) is 4.99 Å². The number of hydrogen-bond acceptors (Lipinski definition) is 3. The number of amides is 1. The summed E-state index contributed by atoms with van der Waals surface area (Å²) in [6, 6.07) is 13.5. The molecule has 1 aromatic heterocycles. The number of ether oxygens (including phenoxy) is 1. The van der Waals surface area contributed by atoms with Crippen molar-refractivity contribution in [3.8, 4) is 5.75 Å². The van der Waals surface area contributed by atoms with Crippen molar-refractivity contribution in [2.24, 2.45) is 4.99 Å². The van der Waals surface area contributed by atoms with Gasteiger partial charge < -0.3 is 9.30 Å². The summed E-state index contributed by atoms with van der Waals surface area (Å²) in [5, 5.41) is 0. The van der Waals surface area contributed by atoms with Crippen molar-refractivity contribution in [3.05, 3.63) is 71.0 Å². The monoisotopic (exact) mass is 366 g/mol. The molecule has 0 spiro atoms. The van der Waals surface area contributed by atoms with Gasteiger partial charge in [-0.05, 0) is 55.3 Å². The third-order valence-corrected chi connectivity index (χ3v) is 5.12. The number of fused-ring (bicyclic) bond motifs is 1. The molecule has 134 valence electrons. The van der Waals surface area contributed by atoms with E-state index in [0.717, 1.165) is 22.4 Å². The van der Waals surface area contributed by atoms with Crippen LogP contribution in [0.3, 0.4) is 0 Å². The Bertz CT molecular complexity index is 997. The normalized spacial score (nSPS) is 11.7. The van der Waals surface area contributed by atoms with E-state index in [0.29, 0.717) is 23.5 Å². The molecule has 0 saturated heterocycles. The van der Waals surface area contributed by atoms with Crippen LogP contribution in [0.1, 0.15) is 29.8 Å². The predicted octanol–water partition coefficient (Wildman–Crippen LogP) is 4.59. The molecule has 0 radical (unpaired) electrons. The summed E-state index contributed by atoms with van der Waals surface area (Å²) in [6.45, 7) is 9.10. The van der Waals surface area contributed by atoms with Gasteiger partial charge in [0.2, 0.25) is 0 Å². The molecule has 0 saturated carbocycles. The van der Waals surface area contributed by atoms with Gasteiger partial charge in [-0.1, -0.05) is 30.4 Å². The molecule has 4 nitrogen and oxygen atoms in total. The highest BCUT2D eigenvalue weighted by Gasteiger charge is 2.09. The van der Waals surface area contributed by atoms with Crippen molar-refractivity contribution in [2.45, 2.75) is 26.8 Å². The topological polar surface area (TPSA) is 43.6 Å². The van der Waals surface area contributed by atoms with Crippen molar-refractivity contribution in [3.63, 3.8) is 0 Å². The summed E-state index contributed by atoms with van der Waals surface area (Å²) in [4.78, 5) is 17.7. The van der Waals surface area contributed by atoms with Crippen LogP contribution in [0.4, 0.5) is 0 Å². The molecule has 3 aromatic rings. The summed E-state index contributed by atoms with van der Waals surface area (Å²) in [5.74, 6) is 0.493. The lowest BCUT2D eigenvalue weighted by Crippen LogP contribution is -2.16. The maximum atomic E-state index is 12.6. The summed E-state index contributed by atoms with van der Waals surface area (Å²) < 4.78 is 8.57. The number of benzene rings is 2. The Hall–Kier alpha value is -2.66. The molecule has 0 bridgehead atoms. The van der Waals surface area contributed by atoms with E-state index in [-0.39, 0.29) is 5.91 Å². The lowest BCUT2D eigenvalue weighted by Gasteiger charge is -2.03. The molecule has 0 aliphatic rings. The minimum absolute atomic E-state index is 0.256. The van der Waals surface area contributed by atoms with Crippen molar-refractivity contribution < 1.29 is 9.53 Å². The van der Waals surface area contributed by atoms with Crippen LogP contribution in [0, 0.1) is 0 Å². The van der Waals surface area contributed by atoms with Gasteiger partial charge in [0.1, 0.15) is 5.75 Å². The van der Waals surface area contributed by atoms with Crippen LogP contribution in [0.25, 0.3) is 10.2 Å². The predicted molar refractivity (Wildman–Crippen MR) is 107 cm³/mol. The molecule has 0 atom stereocenters. The first-order valence-corrected chi connectivity index (χ1v) is 9.53. The Kier molecular flexibility index (Phi) is 5.68. The Balaban J connectivity index is 2.03. The first-order valence-electron chi connectivity index (χ1n) is 8.71. The van der Waals surface area contributed by atoms with Crippen LogP contribution in [0.5, 0.6) is 5.75 Å². The zero-order valence-corrected chi connectivity index (χ0v) is 15.9. The number of carbonyl (C=O) groups is 1. The second-order valence-electron chi connectivity index (χ2n) is 5.81. The zero-order valence-electron chi connectivity index (χ0n) is 15.1. The molecule has 3 rings (SSSR count). The fourth-order valence-corrected chi connectivity index (χ4v) is 3.84. The standard InChI is InChI=1S/C21H22N2O2S/c1-4-13-23-18-12-7-15(5-2)14-19(18)26-21(23)22-20(24)16-8-10-17(11-9-16)25-6-3/h4,7-12,14H,1,5-6,13H2,2-3H3. The number of aromatic nitrogens is 1. The first kappa shape index (κ1) is 18.1. The van der Waals surface area contributed by atoms with E-state index in [1.54, 1.807) is 24.3 Å². The fraction of sp³-hybridized carbons (Fsp3) is 0.238. The van der Waals surface area contributed by atoms with Crippen molar-refractivity contribution in [1.82, 2.24) is 4.57 Å². The molecule has 0 aliphatic heterocycles. The van der Waals surface area contributed by atoms with Gasteiger partial charge in [0, 0.05) is 12.1 Å². The summed E-state index contributed by atoms with van der Waals surface area (Å²) in [6.07, 6.45) is 2.80. The van der Waals surface area contributed by atoms with Crippen LogP contribution in [-0.2, 0) is 13.0 Å². The summed E-state index contributed by atoms with van der Waals surface area (Å²) >= 11 is 1.53. The van der Waals surface area contributed by atoms with Crippen LogP contribution in [0.2, 0.25) is 0 Å². The van der Waals surface area contributed by atoms with E-state index in [1.807, 2.05) is 17.6 Å². The Labute approximate surface area is 157 Å². The third kappa shape index (κ3) is 3.78. The minimum Gasteiger partial charge on any atom is -0.494 e. The largest absolute Gasteiger partial charge is 0.494 e. The third-order valence-electron chi connectivity index (χ3n) is 4.08. The van der Waals surface area contributed by atoms with E-state index in [2.05, 4.69) is 36.7 Å². The Morgan fingerprint density at radius 2 is 2.00 bits per heavy atom. The van der Waals surface area contributed by atoms with Gasteiger partial charge in [-0.3, -0.25) is 4.79 Å². The number of allylic oxidation sites excluding steroid dienone is 1. The molecular weight excluding hydrogens is 344 g/mol. The number of nitrogens with zero attached hydrogens (tertiary/aromatic N) is 2. The van der Waals surface area contributed by atoms with Crippen LogP contribution >= 0.6 is 11.3 Å². The lowest BCUT2D eigenvalue weighted by atomic mass is 10.2. The van der Waals surface area contributed by atoms with Gasteiger partial charge in [-0.15, -0.1) is 6.58 Å². The molecule has 5 heteroatoms. The molecule has 0 aliphatic carbocycles. The SMILES string of the molecule is C=CCn1c(=NC(=O)c2ccc(OCC)cc2)sc2cc(CC)ccc21. The van der Waals surface area contributed by atoms with E-state index in [4.69, 9.17) is 4.74 Å². The molecule has 1 heterocycles. The summed E-state index contributed by atoms with van der Waals surface area (Å²) in [5.41, 5.74) is 2.89. The van der Waals surface area contributed by atoms with E-state index in [9.17, 15) is 4.79 Å². The second kappa shape index (κ2) is 8.15. The molecule has 0 fully saturated rings. The molecule has 1 amide bonds. The zero-order chi connectivity index (χ0) is 18.5. The quantitative estimate of drug-likeness (QED) is 0.599. The highest BCUT2D eigenvalue weighted by molar-refractivity contribution is 7.16. The highest BCUT2D eigenvalue weighted by atomic mass is 32.1. The Morgan fingerprint density at radius 1 is 1.23 bits per heavy atom. The van der Waals surface area contributed by atoms with Crippen molar-refractivity contribution in [2.75, 3.05) is 6.61 Å². The highest BCUT2D eigenvalue weighted by Crippen LogP contribution is 2.20. The average Bonchev–Trinajstić information content (AvgIpc) is 2.99. The van der Waals surface area contributed by atoms with Crippen molar-refractivity contribution in [1.29, 1.82) is 0 Å². The number of rotatable bonds is 6. The van der Waals surface area contributed by atoms with E-state index in [1.165, 1.54) is 16.9 Å². The van der Waals surface area contributed by atoms with Gasteiger partial charge in [0.15, 0.2) is 4.80 Å². The number of aryl methyl sites for hydroxylation is 1. The summed E-state index contributed by atoms with van der Waals surface area (Å²) in [7, 11) is 0. The van der Waals surface area contributed by atoms with Crippen LogP contribution in [0.15, 0.2) is 60.1 Å². The molecule has 0 unspecified atom stereocenters. The van der Waals surface area contributed by atoms with E-state index < -0.39 is 0 Å². The smallest absolute Gasteiger partial charge is 0.279 e. The lowest BCUT2D eigenvalue weighted by molar-refractivity contribution is 0.0998. The van der Waals surface area contributed by atoms with Crippen LogP contribution < -0.4 is 9.54 Å². The maximum absolute atomic E-state index is 12.6. The van der Waals surface area contributed by atoms with Gasteiger partial charge >= 0.3 is 0 Å². The van der Waals surface area contributed by atoms with Gasteiger partial charge in [-0.25, -0.2) is 0 Å². The maximum Gasteiger partial charge on any atom is 0.279 e. The molecule has 0 N–H and O–H groups in total.